The first-order chi connectivity index (χ1) is 12.6. The summed E-state index contributed by atoms with van der Waals surface area (Å²) in [5, 5.41) is 0. The lowest BCUT2D eigenvalue weighted by Gasteiger charge is -2.29. The van der Waals surface area contributed by atoms with Crippen LogP contribution in [-0.2, 0) is 26.5 Å². The predicted molar refractivity (Wildman–Crippen MR) is 105 cm³/mol. The SMILES string of the molecule is COc1ccc(C)cc1S(=O)(=O)Nc1ccc2c(c1)CCCN2S(C)(=O)=O. The summed E-state index contributed by atoms with van der Waals surface area (Å²) in [5.74, 6) is 0.259. The van der Waals surface area contributed by atoms with Gasteiger partial charge in [0.2, 0.25) is 10.0 Å². The van der Waals surface area contributed by atoms with Gasteiger partial charge in [-0.05, 0) is 61.2 Å². The molecule has 9 heteroatoms. The van der Waals surface area contributed by atoms with Crippen molar-refractivity contribution in [2.75, 3.05) is 28.9 Å². The van der Waals surface area contributed by atoms with E-state index in [4.69, 9.17) is 4.74 Å². The number of aryl methyl sites for hydroxylation is 2. The smallest absolute Gasteiger partial charge is 0.265 e. The van der Waals surface area contributed by atoms with E-state index in [9.17, 15) is 16.8 Å². The molecule has 0 spiro atoms. The van der Waals surface area contributed by atoms with Gasteiger partial charge in [-0.15, -0.1) is 0 Å². The maximum absolute atomic E-state index is 12.8. The Hall–Kier alpha value is -2.26. The van der Waals surface area contributed by atoms with Crippen LogP contribution in [0.4, 0.5) is 11.4 Å². The van der Waals surface area contributed by atoms with Crippen molar-refractivity contribution in [2.24, 2.45) is 0 Å². The Morgan fingerprint density at radius 2 is 1.81 bits per heavy atom. The zero-order valence-electron chi connectivity index (χ0n) is 15.4. The summed E-state index contributed by atoms with van der Waals surface area (Å²) in [4.78, 5) is 0.0560. The standard InChI is InChI=1S/C18H22N2O5S2/c1-13-6-9-17(25-2)18(11-13)27(23,24)19-15-7-8-16-14(12-15)5-4-10-20(16)26(3,21)22/h6-9,11-12,19H,4-5,10H2,1-3H3. The van der Waals surface area contributed by atoms with E-state index >= 15 is 0 Å². The number of fused-ring (bicyclic) bond motifs is 1. The van der Waals surface area contributed by atoms with Gasteiger partial charge in [0.05, 0.1) is 19.1 Å². The van der Waals surface area contributed by atoms with Gasteiger partial charge in [0.15, 0.2) is 0 Å². The average Bonchev–Trinajstić information content (AvgIpc) is 2.60. The van der Waals surface area contributed by atoms with Crippen molar-refractivity contribution >= 4 is 31.4 Å². The highest BCUT2D eigenvalue weighted by atomic mass is 32.2. The molecule has 0 saturated carbocycles. The third-order valence-electron chi connectivity index (χ3n) is 4.42. The van der Waals surface area contributed by atoms with Gasteiger partial charge < -0.3 is 4.74 Å². The number of nitrogens with one attached hydrogen (secondary N) is 1. The van der Waals surface area contributed by atoms with Crippen LogP contribution in [0.5, 0.6) is 5.75 Å². The fourth-order valence-electron chi connectivity index (χ4n) is 3.17. The van der Waals surface area contributed by atoms with E-state index in [2.05, 4.69) is 4.72 Å². The normalized spacial score (nSPS) is 14.6. The van der Waals surface area contributed by atoms with Gasteiger partial charge in [0.1, 0.15) is 10.6 Å². The van der Waals surface area contributed by atoms with Crippen LogP contribution < -0.4 is 13.8 Å². The Bertz CT molecular complexity index is 1080. The van der Waals surface area contributed by atoms with Crippen LogP contribution >= 0.6 is 0 Å². The van der Waals surface area contributed by atoms with E-state index in [1.54, 1.807) is 43.3 Å². The van der Waals surface area contributed by atoms with Crippen molar-refractivity contribution in [3.63, 3.8) is 0 Å². The number of ether oxygens (including phenoxy) is 1. The summed E-state index contributed by atoms with van der Waals surface area (Å²) < 4.78 is 58.7. The third-order valence-corrected chi connectivity index (χ3v) is 7.00. The molecule has 1 N–H and O–H groups in total. The van der Waals surface area contributed by atoms with E-state index in [1.165, 1.54) is 17.7 Å². The molecule has 0 aliphatic carbocycles. The van der Waals surface area contributed by atoms with Gasteiger partial charge in [0, 0.05) is 12.2 Å². The Labute approximate surface area is 160 Å². The fraction of sp³-hybridized carbons (Fsp3) is 0.333. The number of rotatable bonds is 5. The monoisotopic (exact) mass is 410 g/mol. The molecule has 0 unspecified atom stereocenters. The van der Waals surface area contributed by atoms with Crippen LogP contribution in [0, 0.1) is 6.92 Å². The highest BCUT2D eigenvalue weighted by molar-refractivity contribution is 7.93. The largest absolute Gasteiger partial charge is 0.495 e. The first kappa shape index (κ1) is 19.5. The molecule has 146 valence electrons. The highest BCUT2D eigenvalue weighted by Crippen LogP contribution is 2.33. The Morgan fingerprint density at radius 3 is 2.48 bits per heavy atom. The van der Waals surface area contributed by atoms with Gasteiger partial charge >= 0.3 is 0 Å². The number of nitrogens with zero attached hydrogens (tertiary/aromatic N) is 1. The fourth-order valence-corrected chi connectivity index (χ4v) is 5.48. The first-order valence-corrected chi connectivity index (χ1v) is 11.7. The Morgan fingerprint density at radius 1 is 1.07 bits per heavy atom. The number of sulfonamides is 2. The lowest BCUT2D eigenvalue weighted by molar-refractivity contribution is 0.402. The second kappa shape index (κ2) is 7.05. The van der Waals surface area contributed by atoms with E-state index in [1.807, 2.05) is 0 Å². The van der Waals surface area contributed by atoms with Crippen molar-refractivity contribution in [3.05, 3.63) is 47.5 Å². The third kappa shape index (κ3) is 4.03. The maximum atomic E-state index is 12.8. The molecule has 1 aliphatic rings. The molecule has 3 rings (SSSR count). The van der Waals surface area contributed by atoms with Gasteiger partial charge in [-0.3, -0.25) is 9.03 Å². The molecule has 1 heterocycles. The van der Waals surface area contributed by atoms with Crippen LogP contribution in [0.1, 0.15) is 17.5 Å². The molecule has 1 aliphatic heterocycles. The number of hydrogen-bond acceptors (Lipinski definition) is 5. The molecule has 0 aromatic heterocycles. The van der Waals surface area contributed by atoms with Crippen LogP contribution in [0.25, 0.3) is 0 Å². The van der Waals surface area contributed by atoms with Crippen molar-refractivity contribution < 1.29 is 21.6 Å². The number of methoxy groups -OCH3 is 1. The maximum Gasteiger partial charge on any atom is 0.265 e. The molecule has 0 bridgehead atoms. The summed E-state index contributed by atoms with van der Waals surface area (Å²) in [6, 6.07) is 9.83. The number of benzene rings is 2. The second-order valence-electron chi connectivity index (χ2n) is 6.54. The minimum absolute atomic E-state index is 0.0560. The molecular weight excluding hydrogens is 388 g/mol. The number of hydrogen-bond donors (Lipinski definition) is 1. The van der Waals surface area contributed by atoms with Crippen molar-refractivity contribution in [2.45, 2.75) is 24.7 Å². The molecule has 0 radical (unpaired) electrons. The zero-order chi connectivity index (χ0) is 19.8. The van der Waals surface area contributed by atoms with E-state index in [0.717, 1.165) is 11.1 Å². The molecule has 0 atom stereocenters. The second-order valence-corrected chi connectivity index (χ2v) is 10.1. The summed E-state index contributed by atoms with van der Waals surface area (Å²) in [5.41, 5.74) is 2.57. The van der Waals surface area contributed by atoms with Crippen molar-refractivity contribution in [1.82, 2.24) is 0 Å². The van der Waals surface area contributed by atoms with Gasteiger partial charge in [-0.25, -0.2) is 16.8 Å². The minimum Gasteiger partial charge on any atom is -0.495 e. The van der Waals surface area contributed by atoms with Crippen molar-refractivity contribution in [1.29, 1.82) is 0 Å². The van der Waals surface area contributed by atoms with E-state index in [0.29, 0.717) is 30.8 Å². The van der Waals surface area contributed by atoms with Crippen LogP contribution in [0.3, 0.4) is 0 Å². The van der Waals surface area contributed by atoms with E-state index in [-0.39, 0.29) is 10.6 Å². The molecule has 2 aromatic rings. The van der Waals surface area contributed by atoms with Gasteiger partial charge in [0.25, 0.3) is 10.0 Å². The van der Waals surface area contributed by atoms with Crippen LogP contribution in [0.15, 0.2) is 41.3 Å². The molecule has 0 saturated heterocycles. The average molecular weight is 411 g/mol. The lowest BCUT2D eigenvalue weighted by Crippen LogP contribution is -2.34. The summed E-state index contributed by atoms with van der Waals surface area (Å²) in [6.07, 6.45) is 2.54. The van der Waals surface area contributed by atoms with Crippen molar-refractivity contribution in [3.8, 4) is 5.75 Å². The Balaban J connectivity index is 1.96. The topological polar surface area (TPSA) is 92.8 Å². The molecule has 2 aromatic carbocycles. The summed E-state index contributed by atoms with van der Waals surface area (Å²) >= 11 is 0. The molecular formula is C18H22N2O5S2. The zero-order valence-corrected chi connectivity index (χ0v) is 17.0. The highest BCUT2D eigenvalue weighted by Gasteiger charge is 2.25. The molecule has 7 nitrogen and oxygen atoms in total. The molecule has 27 heavy (non-hydrogen) atoms. The summed E-state index contributed by atoms with van der Waals surface area (Å²) in [7, 11) is -5.80. The minimum atomic E-state index is -3.85. The predicted octanol–water partition coefficient (Wildman–Crippen LogP) is 2.52. The van der Waals surface area contributed by atoms with Gasteiger partial charge in [-0.1, -0.05) is 6.07 Å². The summed E-state index contributed by atoms with van der Waals surface area (Å²) in [6.45, 7) is 2.23. The molecule has 0 fully saturated rings. The van der Waals surface area contributed by atoms with Crippen LogP contribution in [0.2, 0.25) is 0 Å². The Kier molecular flexibility index (Phi) is 5.09. The van der Waals surface area contributed by atoms with E-state index < -0.39 is 20.0 Å². The first-order valence-electron chi connectivity index (χ1n) is 8.40. The quantitative estimate of drug-likeness (QED) is 0.818. The van der Waals surface area contributed by atoms with Crippen LogP contribution in [-0.4, -0.2) is 36.7 Å². The van der Waals surface area contributed by atoms with Gasteiger partial charge in [-0.2, -0.15) is 0 Å². The molecule has 0 amide bonds. The number of anilines is 2. The lowest BCUT2D eigenvalue weighted by atomic mass is 10.0.